The highest BCUT2D eigenvalue weighted by Gasteiger charge is 2.16. The van der Waals surface area contributed by atoms with Gasteiger partial charge in [0.2, 0.25) is 0 Å². The fourth-order valence-corrected chi connectivity index (χ4v) is 2.88. The Kier molecular flexibility index (Phi) is 3.83. The van der Waals surface area contributed by atoms with Crippen molar-refractivity contribution < 1.29 is 0 Å². The minimum Gasteiger partial charge on any atom is -0.351 e. The molecule has 0 aromatic carbocycles. The molecule has 1 fully saturated rings. The van der Waals surface area contributed by atoms with Crippen molar-refractivity contribution in [3.8, 4) is 0 Å². The van der Waals surface area contributed by atoms with E-state index in [2.05, 4.69) is 22.2 Å². The minimum atomic E-state index is 0.604. The Balaban J connectivity index is 1.88. The molecule has 0 bridgehead atoms. The second-order valence-electron chi connectivity index (χ2n) is 4.03. The lowest BCUT2D eigenvalue weighted by molar-refractivity contribution is 0.378. The van der Waals surface area contributed by atoms with Gasteiger partial charge in [-0.05, 0) is 31.8 Å². The molecule has 84 valence electrons. The van der Waals surface area contributed by atoms with Crippen molar-refractivity contribution in [2.75, 3.05) is 31.6 Å². The van der Waals surface area contributed by atoms with Crippen LogP contribution in [0.2, 0.25) is 5.15 Å². The lowest BCUT2D eigenvalue weighted by atomic mass is 9.98. The molecule has 1 N–H and O–H groups in total. The third-order valence-electron chi connectivity index (χ3n) is 2.78. The van der Waals surface area contributed by atoms with Crippen molar-refractivity contribution in [3.63, 3.8) is 0 Å². The van der Waals surface area contributed by atoms with Crippen molar-refractivity contribution in [1.82, 2.24) is 10.3 Å². The van der Waals surface area contributed by atoms with Gasteiger partial charge >= 0.3 is 0 Å². The zero-order chi connectivity index (χ0) is 10.7. The quantitative estimate of drug-likeness (QED) is 0.885. The molecule has 2 rings (SSSR count). The molecule has 5 heteroatoms. The molecule has 2 heterocycles. The number of nitrogens with zero attached hydrogens (tertiary/aromatic N) is 2. The van der Waals surface area contributed by atoms with E-state index in [1.807, 2.05) is 5.38 Å². The number of halogens is 1. The molecular weight excluding hydrogens is 230 g/mol. The summed E-state index contributed by atoms with van der Waals surface area (Å²) < 4.78 is 0. The standard InChI is InChI=1S/C10H16ClN3S/c1-14(10-13-9(11)7-15-10)6-8-2-4-12-5-3-8/h7-8,12H,2-6H2,1H3. The van der Waals surface area contributed by atoms with Gasteiger partial charge in [0, 0.05) is 19.0 Å². The first-order valence-corrected chi connectivity index (χ1v) is 6.54. The smallest absolute Gasteiger partial charge is 0.186 e. The molecular formula is C10H16ClN3S. The number of piperidine rings is 1. The van der Waals surface area contributed by atoms with Gasteiger partial charge in [-0.3, -0.25) is 0 Å². The Morgan fingerprint density at radius 1 is 1.60 bits per heavy atom. The molecule has 0 aliphatic carbocycles. The first-order chi connectivity index (χ1) is 7.25. The van der Waals surface area contributed by atoms with Crippen LogP contribution in [0.4, 0.5) is 5.13 Å². The monoisotopic (exact) mass is 245 g/mol. The number of aromatic nitrogens is 1. The largest absolute Gasteiger partial charge is 0.351 e. The van der Waals surface area contributed by atoms with Crippen LogP contribution in [0.5, 0.6) is 0 Å². The molecule has 1 aromatic heterocycles. The molecule has 1 aliphatic heterocycles. The van der Waals surface area contributed by atoms with Crippen LogP contribution < -0.4 is 10.2 Å². The highest BCUT2D eigenvalue weighted by atomic mass is 35.5. The van der Waals surface area contributed by atoms with Gasteiger partial charge in [-0.1, -0.05) is 11.6 Å². The molecule has 0 saturated carbocycles. The van der Waals surface area contributed by atoms with Gasteiger partial charge in [-0.2, -0.15) is 0 Å². The molecule has 1 aromatic rings. The normalized spacial score (nSPS) is 18.0. The maximum Gasteiger partial charge on any atom is 0.186 e. The van der Waals surface area contributed by atoms with Crippen LogP contribution in [0.3, 0.4) is 0 Å². The number of anilines is 1. The summed E-state index contributed by atoms with van der Waals surface area (Å²) in [5.74, 6) is 0.791. The van der Waals surface area contributed by atoms with Gasteiger partial charge in [0.15, 0.2) is 5.13 Å². The van der Waals surface area contributed by atoms with Crippen LogP contribution in [0.15, 0.2) is 5.38 Å². The first-order valence-electron chi connectivity index (χ1n) is 5.28. The van der Waals surface area contributed by atoms with Crippen molar-refractivity contribution in [2.45, 2.75) is 12.8 Å². The fraction of sp³-hybridized carbons (Fsp3) is 0.700. The summed E-state index contributed by atoms with van der Waals surface area (Å²) in [6.45, 7) is 3.39. The van der Waals surface area contributed by atoms with Gasteiger partial charge in [-0.25, -0.2) is 4.98 Å². The molecule has 1 aliphatic rings. The molecule has 15 heavy (non-hydrogen) atoms. The summed E-state index contributed by atoms with van der Waals surface area (Å²) in [6.07, 6.45) is 2.53. The van der Waals surface area contributed by atoms with Crippen molar-refractivity contribution in [2.24, 2.45) is 5.92 Å². The van der Waals surface area contributed by atoms with E-state index in [1.165, 1.54) is 12.8 Å². The predicted octanol–water partition coefficient (Wildman–Crippen LogP) is 2.23. The van der Waals surface area contributed by atoms with E-state index in [-0.39, 0.29) is 0 Å². The summed E-state index contributed by atoms with van der Waals surface area (Å²) in [5.41, 5.74) is 0. The lowest BCUT2D eigenvalue weighted by Gasteiger charge is -2.27. The number of thiazole rings is 1. The topological polar surface area (TPSA) is 28.2 Å². The Bertz CT molecular complexity index is 309. The van der Waals surface area contributed by atoms with E-state index in [4.69, 9.17) is 11.6 Å². The fourth-order valence-electron chi connectivity index (χ4n) is 1.95. The van der Waals surface area contributed by atoms with Gasteiger partial charge in [0.25, 0.3) is 0 Å². The van der Waals surface area contributed by atoms with Gasteiger partial charge in [0.05, 0.1) is 0 Å². The number of rotatable bonds is 3. The Morgan fingerprint density at radius 3 is 2.93 bits per heavy atom. The second kappa shape index (κ2) is 5.14. The van der Waals surface area contributed by atoms with Crippen LogP contribution in [0, 0.1) is 5.92 Å². The highest BCUT2D eigenvalue weighted by molar-refractivity contribution is 7.14. The van der Waals surface area contributed by atoms with Crippen LogP contribution in [-0.4, -0.2) is 31.7 Å². The summed E-state index contributed by atoms with van der Waals surface area (Å²) in [4.78, 5) is 6.49. The van der Waals surface area contributed by atoms with Gasteiger partial charge in [0.1, 0.15) is 5.15 Å². The van der Waals surface area contributed by atoms with Crippen LogP contribution in [0.1, 0.15) is 12.8 Å². The summed E-state index contributed by atoms with van der Waals surface area (Å²) >= 11 is 7.42. The maximum absolute atomic E-state index is 5.81. The third-order valence-corrected chi connectivity index (χ3v) is 4.06. The van der Waals surface area contributed by atoms with Crippen LogP contribution in [0.25, 0.3) is 0 Å². The Hall–Kier alpha value is -0.320. The summed E-state index contributed by atoms with van der Waals surface area (Å²) in [6, 6.07) is 0. The average molecular weight is 246 g/mol. The number of hydrogen-bond acceptors (Lipinski definition) is 4. The third kappa shape index (κ3) is 3.06. The van der Waals surface area contributed by atoms with E-state index in [0.717, 1.165) is 30.7 Å². The number of hydrogen-bond donors (Lipinski definition) is 1. The molecule has 3 nitrogen and oxygen atoms in total. The average Bonchev–Trinajstić information content (AvgIpc) is 2.66. The van der Waals surface area contributed by atoms with E-state index >= 15 is 0 Å². The molecule has 0 amide bonds. The van der Waals surface area contributed by atoms with Gasteiger partial charge in [-0.15, -0.1) is 11.3 Å². The molecule has 0 spiro atoms. The van der Waals surface area contributed by atoms with Crippen molar-refractivity contribution >= 4 is 28.1 Å². The van der Waals surface area contributed by atoms with Crippen LogP contribution >= 0.6 is 22.9 Å². The lowest BCUT2D eigenvalue weighted by Crippen LogP contribution is -2.34. The van der Waals surface area contributed by atoms with Gasteiger partial charge < -0.3 is 10.2 Å². The van der Waals surface area contributed by atoms with E-state index in [1.54, 1.807) is 11.3 Å². The zero-order valence-corrected chi connectivity index (χ0v) is 10.4. The zero-order valence-electron chi connectivity index (χ0n) is 8.87. The first kappa shape index (κ1) is 11.2. The molecule has 0 unspecified atom stereocenters. The SMILES string of the molecule is CN(CC1CCNCC1)c1nc(Cl)cs1. The highest BCUT2D eigenvalue weighted by Crippen LogP contribution is 2.24. The van der Waals surface area contributed by atoms with Crippen molar-refractivity contribution in [1.29, 1.82) is 0 Å². The van der Waals surface area contributed by atoms with E-state index in [9.17, 15) is 0 Å². The maximum atomic E-state index is 5.81. The summed E-state index contributed by atoms with van der Waals surface area (Å²) in [7, 11) is 2.09. The Labute approximate surface area is 99.5 Å². The van der Waals surface area contributed by atoms with E-state index in [0.29, 0.717) is 5.15 Å². The molecule has 0 atom stereocenters. The molecule has 0 radical (unpaired) electrons. The minimum absolute atomic E-state index is 0.604. The second-order valence-corrected chi connectivity index (χ2v) is 5.25. The number of nitrogens with one attached hydrogen (secondary N) is 1. The predicted molar refractivity (Wildman–Crippen MR) is 66.0 cm³/mol. The van der Waals surface area contributed by atoms with E-state index < -0.39 is 0 Å². The van der Waals surface area contributed by atoms with Crippen molar-refractivity contribution in [3.05, 3.63) is 10.5 Å². The molecule has 1 saturated heterocycles. The van der Waals surface area contributed by atoms with Crippen LogP contribution in [-0.2, 0) is 0 Å². The summed E-state index contributed by atoms with van der Waals surface area (Å²) in [5, 5.41) is 6.89. The Morgan fingerprint density at radius 2 is 2.33 bits per heavy atom.